The molecule has 2 aromatic carbocycles. The number of hydrogen-bond donors (Lipinski definition) is 1. The molecule has 0 amide bonds. The van der Waals surface area contributed by atoms with E-state index in [4.69, 9.17) is 9.47 Å². The average Bonchev–Trinajstić information content (AvgIpc) is 2.72. The Morgan fingerprint density at radius 2 is 1.76 bits per heavy atom. The molecule has 0 radical (unpaired) electrons. The fourth-order valence-electron chi connectivity index (χ4n) is 3.73. The van der Waals surface area contributed by atoms with Crippen molar-refractivity contribution in [2.24, 2.45) is 5.92 Å². The Morgan fingerprint density at radius 3 is 2.38 bits per heavy atom. The monoisotopic (exact) mass is 409 g/mol. The third kappa shape index (κ3) is 4.54. The van der Waals surface area contributed by atoms with Crippen LogP contribution >= 0.6 is 0 Å². The molecule has 1 N–H and O–H groups in total. The molecular formula is C21H22F3NO4. The molecule has 0 aromatic heterocycles. The highest BCUT2D eigenvalue weighted by molar-refractivity contribution is 5.74. The van der Waals surface area contributed by atoms with E-state index in [-0.39, 0.29) is 18.5 Å². The zero-order valence-electron chi connectivity index (χ0n) is 16.1. The minimum Gasteiger partial charge on any atom is -0.497 e. The normalized spacial score (nSPS) is 22.3. The molecule has 1 saturated heterocycles. The SMILES string of the molecule is COC(=O)C1CN(Cc2ccc(OC)cc2)C(O)CC1c1cc(F)c(F)cc1F. The number of likely N-dealkylation sites (tertiary alicyclic amines) is 1. The van der Waals surface area contributed by atoms with Crippen molar-refractivity contribution in [3.05, 3.63) is 65.0 Å². The van der Waals surface area contributed by atoms with Crippen LogP contribution in [-0.4, -0.2) is 43.0 Å². The maximum absolute atomic E-state index is 14.3. The predicted octanol–water partition coefficient (Wildman–Crippen LogP) is 3.21. The summed E-state index contributed by atoms with van der Waals surface area (Å²) in [6.45, 7) is 0.411. The molecule has 29 heavy (non-hydrogen) atoms. The van der Waals surface area contributed by atoms with Crippen LogP contribution in [0.5, 0.6) is 5.75 Å². The Morgan fingerprint density at radius 1 is 1.10 bits per heavy atom. The number of hydrogen-bond acceptors (Lipinski definition) is 5. The molecule has 2 aromatic rings. The molecule has 3 atom stereocenters. The van der Waals surface area contributed by atoms with E-state index in [2.05, 4.69) is 0 Å². The van der Waals surface area contributed by atoms with Gasteiger partial charge in [0.15, 0.2) is 11.6 Å². The number of nitrogens with zero attached hydrogens (tertiary/aromatic N) is 1. The van der Waals surface area contributed by atoms with Crippen molar-refractivity contribution in [2.75, 3.05) is 20.8 Å². The molecule has 1 aliphatic heterocycles. The summed E-state index contributed by atoms with van der Waals surface area (Å²) in [7, 11) is 2.77. The number of piperidine rings is 1. The highest BCUT2D eigenvalue weighted by Gasteiger charge is 2.41. The number of aliphatic hydroxyl groups is 1. The lowest BCUT2D eigenvalue weighted by Crippen LogP contribution is -2.48. The van der Waals surface area contributed by atoms with Gasteiger partial charge in [0, 0.05) is 25.1 Å². The Labute approximate surface area is 166 Å². The maximum Gasteiger partial charge on any atom is 0.310 e. The lowest BCUT2D eigenvalue weighted by atomic mass is 9.79. The molecule has 0 spiro atoms. The van der Waals surface area contributed by atoms with Gasteiger partial charge in [-0.2, -0.15) is 0 Å². The number of ether oxygens (including phenoxy) is 2. The number of carbonyl (C=O) groups excluding carboxylic acids is 1. The van der Waals surface area contributed by atoms with Crippen molar-refractivity contribution >= 4 is 5.97 Å². The summed E-state index contributed by atoms with van der Waals surface area (Å²) < 4.78 is 51.3. The number of aliphatic hydroxyl groups excluding tert-OH is 1. The minimum absolute atomic E-state index is 0.0298. The standard InChI is InChI=1S/C21H22F3NO4/c1-28-13-5-3-12(4-6-13)10-25-11-16(21(27)29-2)14(8-20(25)26)15-7-18(23)19(24)9-17(15)22/h3-7,9,14,16,20,26H,8,10-11H2,1-2H3. The van der Waals surface area contributed by atoms with Gasteiger partial charge in [-0.25, -0.2) is 13.2 Å². The highest BCUT2D eigenvalue weighted by atomic mass is 19.2. The van der Waals surface area contributed by atoms with Crippen molar-refractivity contribution in [3.8, 4) is 5.75 Å². The summed E-state index contributed by atoms with van der Waals surface area (Å²) in [5, 5.41) is 10.6. The number of rotatable bonds is 5. The molecular weight excluding hydrogens is 387 g/mol. The minimum atomic E-state index is -1.31. The zero-order chi connectivity index (χ0) is 21.1. The Hall–Kier alpha value is -2.58. The second-order valence-corrected chi connectivity index (χ2v) is 7.02. The summed E-state index contributed by atoms with van der Waals surface area (Å²) in [5.41, 5.74) is 0.730. The van der Waals surface area contributed by atoms with E-state index in [1.165, 1.54) is 7.11 Å². The van der Waals surface area contributed by atoms with Crippen LogP contribution in [0.15, 0.2) is 36.4 Å². The van der Waals surface area contributed by atoms with E-state index >= 15 is 0 Å². The van der Waals surface area contributed by atoms with Crippen LogP contribution in [0.4, 0.5) is 13.2 Å². The first kappa shape index (κ1) is 21.1. The van der Waals surface area contributed by atoms with Crippen molar-refractivity contribution in [1.29, 1.82) is 0 Å². The number of halogens is 3. The molecule has 0 bridgehead atoms. The predicted molar refractivity (Wildman–Crippen MR) is 98.6 cm³/mol. The van der Waals surface area contributed by atoms with Gasteiger partial charge in [0.2, 0.25) is 0 Å². The molecule has 5 nitrogen and oxygen atoms in total. The molecule has 156 valence electrons. The Balaban J connectivity index is 1.86. The molecule has 1 fully saturated rings. The Bertz CT molecular complexity index is 875. The fraction of sp³-hybridized carbons (Fsp3) is 0.381. The van der Waals surface area contributed by atoms with E-state index in [0.29, 0.717) is 18.4 Å². The topological polar surface area (TPSA) is 59.0 Å². The molecule has 8 heteroatoms. The third-order valence-corrected chi connectivity index (χ3v) is 5.29. The first-order chi connectivity index (χ1) is 13.8. The summed E-state index contributed by atoms with van der Waals surface area (Å²) in [6, 6.07) is 8.43. The van der Waals surface area contributed by atoms with Crippen LogP contribution in [0.25, 0.3) is 0 Å². The van der Waals surface area contributed by atoms with Gasteiger partial charge in [0.25, 0.3) is 0 Å². The Kier molecular flexibility index (Phi) is 6.44. The van der Waals surface area contributed by atoms with E-state index in [1.807, 2.05) is 12.1 Å². The van der Waals surface area contributed by atoms with Gasteiger partial charge in [0.05, 0.1) is 20.1 Å². The first-order valence-electron chi connectivity index (χ1n) is 9.11. The number of carbonyl (C=O) groups is 1. The van der Waals surface area contributed by atoms with Crippen LogP contribution in [0.3, 0.4) is 0 Å². The molecule has 1 heterocycles. The van der Waals surface area contributed by atoms with E-state index in [0.717, 1.165) is 11.6 Å². The number of benzene rings is 2. The maximum atomic E-state index is 14.3. The molecule has 1 aliphatic rings. The summed E-state index contributed by atoms with van der Waals surface area (Å²) in [5.74, 6) is -5.09. The van der Waals surface area contributed by atoms with Gasteiger partial charge < -0.3 is 14.6 Å². The molecule has 3 unspecified atom stereocenters. The molecule has 0 saturated carbocycles. The lowest BCUT2D eigenvalue weighted by Gasteiger charge is -2.41. The lowest BCUT2D eigenvalue weighted by molar-refractivity contribution is -0.152. The number of methoxy groups -OCH3 is 2. The van der Waals surface area contributed by atoms with Gasteiger partial charge in [-0.3, -0.25) is 9.69 Å². The zero-order valence-corrected chi connectivity index (χ0v) is 16.1. The van der Waals surface area contributed by atoms with Crippen LogP contribution < -0.4 is 4.74 Å². The van der Waals surface area contributed by atoms with Gasteiger partial charge in [-0.15, -0.1) is 0 Å². The van der Waals surface area contributed by atoms with Gasteiger partial charge in [-0.05, 0) is 35.7 Å². The second-order valence-electron chi connectivity index (χ2n) is 7.02. The van der Waals surface area contributed by atoms with Gasteiger partial charge in [-0.1, -0.05) is 12.1 Å². The first-order valence-corrected chi connectivity index (χ1v) is 9.11. The number of esters is 1. The second kappa shape index (κ2) is 8.84. The van der Waals surface area contributed by atoms with Gasteiger partial charge in [0.1, 0.15) is 17.8 Å². The summed E-state index contributed by atoms with van der Waals surface area (Å²) in [6.07, 6.45) is -1.03. The quantitative estimate of drug-likeness (QED) is 0.607. The summed E-state index contributed by atoms with van der Waals surface area (Å²) >= 11 is 0. The highest BCUT2D eigenvalue weighted by Crippen LogP contribution is 2.38. The van der Waals surface area contributed by atoms with Crippen LogP contribution in [0, 0.1) is 23.4 Å². The summed E-state index contributed by atoms with van der Waals surface area (Å²) in [4.78, 5) is 14.0. The van der Waals surface area contributed by atoms with E-state index in [9.17, 15) is 23.1 Å². The fourth-order valence-corrected chi connectivity index (χ4v) is 3.73. The van der Waals surface area contributed by atoms with E-state index in [1.54, 1.807) is 24.1 Å². The van der Waals surface area contributed by atoms with Crippen molar-refractivity contribution in [3.63, 3.8) is 0 Å². The van der Waals surface area contributed by atoms with Crippen LogP contribution in [-0.2, 0) is 16.1 Å². The van der Waals surface area contributed by atoms with Gasteiger partial charge >= 0.3 is 5.97 Å². The van der Waals surface area contributed by atoms with Crippen molar-refractivity contribution in [2.45, 2.75) is 25.1 Å². The molecule has 0 aliphatic carbocycles. The van der Waals surface area contributed by atoms with Crippen LogP contribution in [0.2, 0.25) is 0 Å². The smallest absolute Gasteiger partial charge is 0.310 e. The average molecular weight is 409 g/mol. The van der Waals surface area contributed by atoms with Crippen LogP contribution in [0.1, 0.15) is 23.5 Å². The van der Waals surface area contributed by atoms with Crippen molar-refractivity contribution < 1.29 is 32.5 Å². The molecule has 3 rings (SSSR count). The third-order valence-electron chi connectivity index (χ3n) is 5.29. The van der Waals surface area contributed by atoms with Crippen molar-refractivity contribution in [1.82, 2.24) is 4.90 Å². The van der Waals surface area contributed by atoms with E-state index < -0.39 is 41.5 Å². The largest absolute Gasteiger partial charge is 0.497 e.